The molecule has 0 N–H and O–H groups in total. The van der Waals surface area contributed by atoms with E-state index in [1.54, 1.807) is 12.1 Å². The summed E-state index contributed by atoms with van der Waals surface area (Å²) in [5.74, 6) is 0.789. The highest BCUT2D eigenvalue weighted by atomic mass is 17.2. The number of aromatic nitrogens is 2. The quantitative estimate of drug-likeness (QED) is 0.500. The lowest BCUT2D eigenvalue weighted by atomic mass is 10.1. The molecule has 0 fully saturated rings. The van der Waals surface area contributed by atoms with E-state index in [0.29, 0.717) is 18.0 Å². The van der Waals surface area contributed by atoms with Gasteiger partial charge in [0.25, 0.3) is 0 Å². The van der Waals surface area contributed by atoms with Crippen molar-refractivity contribution in [1.29, 1.82) is 0 Å². The van der Waals surface area contributed by atoms with Gasteiger partial charge in [0.2, 0.25) is 0 Å². The average Bonchev–Trinajstić information content (AvgIpc) is 2.64. The molecule has 0 saturated heterocycles. The summed E-state index contributed by atoms with van der Waals surface area (Å²) in [6, 6.07) is 7.15. The Bertz CT molecular complexity index is 624. The second-order valence-corrected chi connectivity index (χ2v) is 5.69. The van der Waals surface area contributed by atoms with E-state index >= 15 is 0 Å². The van der Waals surface area contributed by atoms with Crippen LogP contribution in [0, 0.1) is 0 Å². The third-order valence-corrected chi connectivity index (χ3v) is 3.60. The molecule has 0 aliphatic rings. The fraction of sp³-hybridized carbons (Fsp3) is 0.421. The minimum Gasteiger partial charge on any atom is -0.287 e. The Kier molecular flexibility index (Phi) is 7.21. The third-order valence-electron chi connectivity index (χ3n) is 3.60. The lowest BCUT2D eigenvalue weighted by Crippen LogP contribution is -2.07. The zero-order valence-electron chi connectivity index (χ0n) is 14.3. The Labute approximate surface area is 143 Å². The van der Waals surface area contributed by atoms with Crippen molar-refractivity contribution in [2.45, 2.75) is 52.4 Å². The highest BCUT2D eigenvalue weighted by Gasteiger charge is 2.06. The van der Waals surface area contributed by atoms with Crippen molar-refractivity contribution in [3.63, 3.8) is 0 Å². The average molecular weight is 328 g/mol. The SMILES string of the molecule is CCCCC(=O)OOc1ccc(-c2ncc(CCCC)cn2)cc1. The molecule has 24 heavy (non-hydrogen) atoms. The van der Waals surface area contributed by atoms with Crippen LogP contribution in [0.4, 0.5) is 0 Å². The van der Waals surface area contributed by atoms with Crippen LogP contribution in [-0.4, -0.2) is 15.9 Å². The standard InChI is InChI=1S/C19H24N2O3/c1-3-5-7-15-13-20-19(21-14-15)16-9-11-17(12-10-16)23-24-18(22)8-6-4-2/h9-14H,3-8H2,1-2H3. The summed E-state index contributed by atoms with van der Waals surface area (Å²) in [7, 11) is 0. The first kappa shape index (κ1) is 17.9. The van der Waals surface area contributed by atoms with E-state index in [-0.39, 0.29) is 5.97 Å². The maximum atomic E-state index is 11.4. The number of rotatable bonds is 9. The number of unbranched alkanes of at least 4 members (excludes halogenated alkanes) is 2. The van der Waals surface area contributed by atoms with Crippen molar-refractivity contribution in [1.82, 2.24) is 9.97 Å². The zero-order valence-corrected chi connectivity index (χ0v) is 14.3. The normalized spacial score (nSPS) is 10.4. The van der Waals surface area contributed by atoms with Gasteiger partial charge in [0.1, 0.15) is 0 Å². The largest absolute Gasteiger partial charge is 0.355 e. The predicted octanol–water partition coefficient (Wildman–Crippen LogP) is 4.51. The van der Waals surface area contributed by atoms with Crippen LogP contribution in [-0.2, 0) is 16.1 Å². The predicted molar refractivity (Wildman–Crippen MR) is 92.3 cm³/mol. The van der Waals surface area contributed by atoms with Gasteiger partial charge in [-0.2, -0.15) is 0 Å². The van der Waals surface area contributed by atoms with Crippen LogP contribution < -0.4 is 4.89 Å². The molecular weight excluding hydrogens is 304 g/mol. The van der Waals surface area contributed by atoms with Crippen LogP contribution in [0.5, 0.6) is 5.75 Å². The minimum atomic E-state index is -0.355. The number of carbonyl (C=O) groups is 1. The second kappa shape index (κ2) is 9.65. The maximum Gasteiger partial charge on any atom is 0.355 e. The number of hydrogen-bond donors (Lipinski definition) is 0. The third kappa shape index (κ3) is 5.65. The summed E-state index contributed by atoms with van der Waals surface area (Å²) < 4.78 is 0. The van der Waals surface area contributed by atoms with Crippen molar-refractivity contribution in [2.24, 2.45) is 0 Å². The van der Waals surface area contributed by atoms with Gasteiger partial charge in [-0.1, -0.05) is 26.7 Å². The van der Waals surface area contributed by atoms with Crippen molar-refractivity contribution >= 4 is 5.97 Å². The lowest BCUT2D eigenvalue weighted by molar-refractivity contribution is -0.213. The fourth-order valence-electron chi connectivity index (χ4n) is 2.13. The number of hydrogen-bond acceptors (Lipinski definition) is 5. The first-order chi connectivity index (χ1) is 11.7. The molecule has 0 aliphatic heterocycles. The molecule has 0 atom stereocenters. The topological polar surface area (TPSA) is 61.3 Å². The molecule has 0 aliphatic carbocycles. The molecule has 1 heterocycles. The molecule has 1 aromatic heterocycles. The molecule has 2 rings (SSSR count). The van der Waals surface area contributed by atoms with Gasteiger partial charge in [0.15, 0.2) is 11.6 Å². The smallest absolute Gasteiger partial charge is 0.287 e. The van der Waals surface area contributed by atoms with E-state index in [4.69, 9.17) is 9.78 Å². The van der Waals surface area contributed by atoms with Gasteiger partial charge in [0, 0.05) is 18.0 Å². The van der Waals surface area contributed by atoms with Crippen LogP contribution in [0.2, 0.25) is 0 Å². The van der Waals surface area contributed by atoms with Crippen LogP contribution in [0.3, 0.4) is 0 Å². The molecule has 1 aromatic carbocycles. The molecule has 0 spiro atoms. The van der Waals surface area contributed by atoms with Crippen LogP contribution in [0.1, 0.15) is 51.5 Å². The summed E-state index contributed by atoms with van der Waals surface area (Å²) in [5.41, 5.74) is 2.04. The number of benzene rings is 1. The van der Waals surface area contributed by atoms with E-state index in [1.807, 2.05) is 31.5 Å². The van der Waals surface area contributed by atoms with Crippen LogP contribution in [0.15, 0.2) is 36.7 Å². The Hall–Kier alpha value is -2.43. The van der Waals surface area contributed by atoms with E-state index < -0.39 is 0 Å². The monoisotopic (exact) mass is 328 g/mol. The highest BCUT2D eigenvalue weighted by molar-refractivity contribution is 5.68. The van der Waals surface area contributed by atoms with E-state index in [9.17, 15) is 4.79 Å². The van der Waals surface area contributed by atoms with Gasteiger partial charge in [-0.25, -0.2) is 14.8 Å². The first-order valence-corrected chi connectivity index (χ1v) is 8.51. The molecule has 0 bridgehead atoms. The van der Waals surface area contributed by atoms with Crippen LogP contribution in [0.25, 0.3) is 11.4 Å². The van der Waals surface area contributed by atoms with Gasteiger partial charge < -0.3 is 0 Å². The van der Waals surface area contributed by atoms with Gasteiger partial charge in [-0.3, -0.25) is 9.78 Å². The van der Waals surface area contributed by atoms with Gasteiger partial charge >= 0.3 is 5.97 Å². The second-order valence-electron chi connectivity index (χ2n) is 5.69. The summed E-state index contributed by atoms with van der Waals surface area (Å²) in [6.45, 7) is 4.19. The van der Waals surface area contributed by atoms with E-state index in [1.165, 1.54) is 0 Å². The Balaban J connectivity index is 1.90. The van der Waals surface area contributed by atoms with Crippen molar-refractivity contribution in [2.75, 3.05) is 0 Å². The van der Waals surface area contributed by atoms with Gasteiger partial charge in [-0.05, 0) is 49.1 Å². The first-order valence-electron chi connectivity index (χ1n) is 8.51. The molecule has 5 nitrogen and oxygen atoms in total. The summed E-state index contributed by atoms with van der Waals surface area (Å²) >= 11 is 0. The molecule has 0 amide bonds. The van der Waals surface area contributed by atoms with Crippen molar-refractivity contribution in [3.8, 4) is 17.1 Å². The maximum absolute atomic E-state index is 11.4. The van der Waals surface area contributed by atoms with E-state index in [0.717, 1.165) is 43.2 Å². The Morgan fingerprint density at radius 3 is 2.29 bits per heavy atom. The molecule has 2 aromatic rings. The van der Waals surface area contributed by atoms with Gasteiger partial charge in [0.05, 0.1) is 6.42 Å². The Morgan fingerprint density at radius 2 is 1.67 bits per heavy atom. The Morgan fingerprint density at radius 1 is 1.00 bits per heavy atom. The molecule has 0 saturated carbocycles. The zero-order chi connectivity index (χ0) is 17.2. The molecular formula is C19H24N2O3. The molecule has 0 radical (unpaired) electrons. The minimum absolute atomic E-state index is 0.355. The number of nitrogens with zero attached hydrogens (tertiary/aromatic N) is 2. The molecule has 128 valence electrons. The van der Waals surface area contributed by atoms with Crippen LogP contribution >= 0.6 is 0 Å². The highest BCUT2D eigenvalue weighted by Crippen LogP contribution is 2.19. The fourth-order valence-corrected chi connectivity index (χ4v) is 2.13. The number of carbonyl (C=O) groups excluding carboxylic acids is 1. The number of aryl methyl sites for hydroxylation is 1. The molecule has 5 heteroatoms. The molecule has 0 unspecified atom stereocenters. The summed E-state index contributed by atoms with van der Waals surface area (Å²) in [4.78, 5) is 30.0. The lowest BCUT2D eigenvalue weighted by Gasteiger charge is -2.05. The summed E-state index contributed by atoms with van der Waals surface area (Å²) in [5, 5.41) is 0. The van der Waals surface area contributed by atoms with Gasteiger partial charge in [-0.15, -0.1) is 0 Å². The van der Waals surface area contributed by atoms with E-state index in [2.05, 4.69) is 16.9 Å². The van der Waals surface area contributed by atoms with Crippen molar-refractivity contribution in [3.05, 3.63) is 42.2 Å². The summed E-state index contributed by atoms with van der Waals surface area (Å²) in [6.07, 6.45) is 9.17. The van der Waals surface area contributed by atoms with Crippen molar-refractivity contribution < 1.29 is 14.6 Å².